The molecule has 0 unspecified atom stereocenters. The summed E-state index contributed by atoms with van der Waals surface area (Å²) in [6.07, 6.45) is 2.70. The maximum atomic E-state index is 10.8. The molecule has 0 radical (unpaired) electrons. The van der Waals surface area contributed by atoms with E-state index in [4.69, 9.17) is 0 Å². The predicted octanol–water partition coefficient (Wildman–Crippen LogP) is 3.42. The number of benzene rings is 1. The summed E-state index contributed by atoms with van der Waals surface area (Å²) in [6.45, 7) is 2.21. The van der Waals surface area contributed by atoms with Crippen LogP contribution in [0.2, 0.25) is 0 Å². The molecule has 3 rings (SSSR count). The average molecular weight is 407 g/mol. The zero-order valence-corrected chi connectivity index (χ0v) is 17.1. The molecule has 0 saturated heterocycles. The fourth-order valence-corrected chi connectivity index (χ4v) is 2.79. The molecule has 30 heavy (non-hydrogen) atoms. The van der Waals surface area contributed by atoms with E-state index in [1.165, 1.54) is 12.1 Å². The summed E-state index contributed by atoms with van der Waals surface area (Å²) in [5, 5.41) is 17.4. The molecule has 9 nitrogen and oxygen atoms in total. The molecule has 0 saturated carbocycles. The molecule has 3 aromatic rings. The predicted molar refractivity (Wildman–Crippen MR) is 117 cm³/mol. The molecule has 0 aliphatic carbocycles. The number of nitrogens with zero attached hydrogens (tertiary/aromatic N) is 5. The molecule has 0 fully saturated rings. The lowest BCUT2D eigenvalue weighted by atomic mass is 10.2. The highest BCUT2D eigenvalue weighted by Crippen LogP contribution is 2.20. The number of rotatable bonds is 10. The molecular weight excluding hydrogens is 382 g/mol. The van der Waals surface area contributed by atoms with Crippen molar-refractivity contribution in [1.82, 2.24) is 19.9 Å². The minimum atomic E-state index is -0.408. The Morgan fingerprint density at radius 1 is 1.03 bits per heavy atom. The van der Waals surface area contributed by atoms with Crippen molar-refractivity contribution in [3.8, 4) is 11.4 Å². The van der Waals surface area contributed by atoms with Crippen LogP contribution in [0.15, 0.2) is 54.7 Å². The highest BCUT2D eigenvalue weighted by atomic mass is 16.6. The molecule has 2 heterocycles. The Morgan fingerprint density at radius 3 is 2.50 bits per heavy atom. The van der Waals surface area contributed by atoms with Crippen molar-refractivity contribution in [2.24, 2.45) is 0 Å². The second kappa shape index (κ2) is 10.3. The van der Waals surface area contributed by atoms with E-state index >= 15 is 0 Å². The molecule has 156 valence electrons. The van der Waals surface area contributed by atoms with Crippen molar-refractivity contribution in [1.29, 1.82) is 0 Å². The van der Waals surface area contributed by atoms with Crippen LogP contribution in [0.3, 0.4) is 0 Å². The number of hydrogen-bond donors (Lipinski definition) is 2. The van der Waals surface area contributed by atoms with Gasteiger partial charge in [0.25, 0.3) is 5.69 Å². The van der Waals surface area contributed by atoms with Gasteiger partial charge in [0, 0.05) is 37.5 Å². The number of hydrogen-bond acceptors (Lipinski definition) is 8. The van der Waals surface area contributed by atoms with Gasteiger partial charge in [-0.3, -0.25) is 15.1 Å². The summed E-state index contributed by atoms with van der Waals surface area (Å²) >= 11 is 0. The van der Waals surface area contributed by atoms with Gasteiger partial charge in [-0.1, -0.05) is 18.2 Å². The smallest absolute Gasteiger partial charge is 0.269 e. The third kappa shape index (κ3) is 6.21. The molecule has 0 aliphatic heterocycles. The Bertz CT molecular complexity index is 963. The number of nitro benzene ring substituents is 1. The van der Waals surface area contributed by atoms with Crippen LogP contribution in [-0.2, 0) is 6.54 Å². The Morgan fingerprint density at radius 2 is 1.83 bits per heavy atom. The first-order valence-corrected chi connectivity index (χ1v) is 9.67. The lowest BCUT2D eigenvalue weighted by Crippen LogP contribution is -2.17. The maximum Gasteiger partial charge on any atom is 0.269 e. The van der Waals surface area contributed by atoms with Crippen LogP contribution < -0.4 is 10.6 Å². The average Bonchev–Trinajstić information content (AvgIpc) is 2.76. The highest BCUT2D eigenvalue weighted by molar-refractivity contribution is 5.61. The zero-order valence-electron chi connectivity index (χ0n) is 17.1. The van der Waals surface area contributed by atoms with Crippen LogP contribution in [0, 0.1) is 10.1 Å². The number of anilines is 2. The molecule has 2 N–H and O–H groups in total. The number of pyridine rings is 1. The van der Waals surface area contributed by atoms with Gasteiger partial charge in [0.1, 0.15) is 5.82 Å². The number of nitro groups is 1. The van der Waals surface area contributed by atoms with Crippen molar-refractivity contribution in [2.75, 3.05) is 37.8 Å². The lowest BCUT2D eigenvalue weighted by Gasteiger charge is -2.12. The van der Waals surface area contributed by atoms with Gasteiger partial charge in [-0.2, -0.15) is 4.98 Å². The third-order valence-electron chi connectivity index (χ3n) is 4.34. The fourth-order valence-electron chi connectivity index (χ4n) is 2.79. The normalized spacial score (nSPS) is 10.8. The molecule has 0 spiro atoms. The molecule has 9 heteroatoms. The van der Waals surface area contributed by atoms with E-state index in [1.54, 1.807) is 18.3 Å². The molecule has 0 amide bonds. The SMILES string of the molecule is CN(C)CCCNc1nc(NCc2ccc([N+](=O)[O-])cc2)cc(-c2ccccn2)n1. The van der Waals surface area contributed by atoms with Gasteiger partial charge in [0.2, 0.25) is 5.95 Å². The Hall–Kier alpha value is -3.59. The van der Waals surface area contributed by atoms with E-state index in [2.05, 4.69) is 30.5 Å². The first-order chi connectivity index (χ1) is 14.5. The van der Waals surface area contributed by atoms with E-state index in [0.717, 1.165) is 30.8 Å². The van der Waals surface area contributed by atoms with Crippen molar-refractivity contribution < 1.29 is 4.92 Å². The second-order valence-electron chi connectivity index (χ2n) is 7.04. The van der Waals surface area contributed by atoms with Crippen LogP contribution in [0.1, 0.15) is 12.0 Å². The first-order valence-electron chi connectivity index (χ1n) is 9.67. The number of aromatic nitrogens is 3. The highest BCUT2D eigenvalue weighted by Gasteiger charge is 2.09. The van der Waals surface area contributed by atoms with Gasteiger partial charge in [-0.05, 0) is 44.8 Å². The van der Waals surface area contributed by atoms with E-state index in [-0.39, 0.29) is 5.69 Å². The number of nitrogens with one attached hydrogen (secondary N) is 2. The maximum absolute atomic E-state index is 10.8. The summed E-state index contributed by atoms with van der Waals surface area (Å²) in [7, 11) is 4.08. The molecule has 0 bridgehead atoms. The standard InChI is InChI=1S/C21H25N7O2/c1-27(2)13-5-12-23-21-25-19(18-6-3-4-11-22-18)14-20(26-21)24-15-16-7-9-17(10-8-16)28(29)30/h3-4,6-11,14H,5,12-13,15H2,1-2H3,(H2,23,24,25,26). The molecule has 1 aromatic carbocycles. The van der Waals surface area contributed by atoms with Crippen molar-refractivity contribution in [3.05, 3.63) is 70.4 Å². The Balaban J connectivity index is 1.74. The van der Waals surface area contributed by atoms with Crippen molar-refractivity contribution in [2.45, 2.75) is 13.0 Å². The summed E-state index contributed by atoms with van der Waals surface area (Å²) in [5.74, 6) is 1.18. The van der Waals surface area contributed by atoms with Gasteiger partial charge in [0.15, 0.2) is 0 Å². The van der Waals surface area contributed by atoms with Gasteiger partial charge in [-0.15, -0.1) is 0 Å². The van der Waals surface area contributed by atoms with Crippen LogP contribution in [0.5, 0.6) is 0 Å². The Kier molecular flexibility index (Phi) is 7.23. The van der Waals surface area contributed by atoms with Crippen molar-refractivity contribution >= 4 is 17.5 Å². The van der Waals surface area contributed by atoms with E-state index in [1.807, 2.05) is 38.4 Å². The molecule has 0 atom stereocenters. The summed E-state index contributed by atoms with van der Waals surface area (Å²) in [6, 6.07) is 14.0. The topological polar surface area (TPSA) is 109 Å². The van der Waals surface area contributed by atoms with Crippen LogP contribution in [0.4, 0.5) is 17.5 Å². The third-order valence-corrected chi connectivity index (χ3v) is 4.34. The monoisotopic (exact) mass is 407 g/mol. The fraction of sp³-hybridized carbons (Fsp3) is 0.286. The van der Waals surface area contributed by atoms with E-state index in [0.29, 0.717) is 24.0 Å². The molecular formula is C21H25N7O2. The molecule has 2 aromatic heterocycles. The molecule has 0 aliphatic rings. The van der Waals surface area contributed by atoms with Gasteiger partial charge >= 0.3 is 0 Å². The summed E-state index contributed by atoms with van der Waals surface area (Å²) < 4.78 is 0. The zero-order chi connectivity index (χ0) is 21.3. The van der Waals surface area contributed by atoms with Gasteiger partial charge in [-0.25, -0.2) is 4.98 Å². The first kappa shape index (κ1) is 21.1. The van der Waals surface area contributed by atoms with Crippen LogP contribution >= 0.6 is 0 Å². The van der Waals surface area contributed by atoms with Crippen molar-refractivity contribution in [3.63, 3.8) is 0 Å². The summed E-state index contributed by atoms with van der Waals surface area (Å²) in [4.78, 5) is 26.1. The second-order valence-corrected chi connectivity index (χ2v) is 7.04. The van der Waals surface area contributed by atoms with Gasteiger partial charge < -0.3 is 15.5 Å². The van der Waals surface area contributed by atoms with Crippen LogP contribution in [-0.4, -0.2) is 52.0 Å². The minimum absolute atomic E-state index is 0.0717. The summed E-state index contributed by atoms with van der Waals surface area (Å²) in [5.41, 5.74) is 2.46. The lowest BCUT2D eigenvalue weighted by molar-refractivity contribution is -0.384. The largest absolute Gasteiger partial charge is 0.366 e. The van der Waals surface area contributed by atoms with Crippen LogP contribution in [0.25, 0.3) is 11.4 Å². The quantitative estimate of drug-likeness (QED) is 0.299. The van der Waals surface area contributed by atoms with E-state index < -0.39 is 4.92 Å². The number of non-ortho nitro benzene ring substituents is 1. The Labute approximate surface area is 175 Å². The minimum Gasteiger partial charge on any atom is -0.366 e. The van der Waals surface area contributed by atoms with Gasteiger partial charge in [0.05, 0.1) is 16.3 Å². The van der Waals surface area contributed by atoms with E-state index in [9.17, 15) is 10.1 Å².